The standard InChI is InChI=1S/C9H16N4O2/c1-13(2)9(14)6-7-11-8(15-12-7)4-3-5-10/h3-6,10H2,1-2H3. The van der Waals surface area contributed by atoms with Gasteiger partial charge in [0.2, 0.25) is 11.8 Å². The molecule has 0 unspecified atom stereocenters. The molecule has 0 saturated heterocycles. The monoisotopic (exact) mass is 212 g/mol. The van der Waals surface area contributed by atoms with Crippen molar-refractivity contribution in [2.24, 2.45) is 5.73 Å². The van der Waals surface area contributed by atoms with Gasteiger partial charge in [0.05, 0.1) is 6.42 Å². The van der Waals surface area contributed by atoms with Crippen molar-refractivity contribution in [3.05, 3.63) is 11.7 Å². The van der Waals surface area contributed by atoms with Crippen LogP contribution in [0.2, 0.25) is 0 Å². The summed E-state index contributed by atoms with van der Waals surface area (Å²) < 4.78 is 4.96. The molecule has 1 aromatic rings. The van der Waals surface area contributed by atoms with Crippen LogP contribution in [0.25, 0.3) is 0 Å². The molecule has 0 fully saturated rings. The lowest BCUT2D eigenvalue weighted by Gasteiger charge is -2.06. The van der Waals surface area contributed by atoms with E-state index in [1.165, 1.54) is 4.90 Å². The van der Waals surface area contributed by atoms with Gasteiger partial charge in [-0.1, -0.05) is 5.16 Å². The van der Waals surface area contributed by atoms with Crippen molar-refractivity contribution in [2.45, 2.75) is 19.3 Å². The van der Waals surface area contributed by atoms with Crippen molar-refractivity contribution in [3.8, 4) is 0 Å². The topological polar surface area (TPSA) is 85.2 Å². The molecule has 84 valence electrons. The van der Waals surface area contributed by atoms with E-state index in [0.29, 0.717) is 24.7 Å². The SMILES string of the molecule is CN(C)C(=O)Cc1noc(CCCN)n1. The van der Waals surface area contributed by atoms with Gasteiger partial charge in [-0.05, 0) is 13.0 Å². The minimum Gasteiger partial charge on any atom is -0.348 e. The van der Waals surface area contributed by atoms with E-state index in [2.05, 4.69) is 10.1 Å². The highest BCUT2D eigenvalue weighted by molar-refractivity contribution is 5.77. The summed E-state index contributed by atoms with van der Waals surface area (Å²) in [6.07, 6.45) is 1.65. The zero-order valence-electron chi connectivity index (χ0n) is 9.06. The second kappa shape index (κ2) is 5.45. The fraction of sp³-hybridized carbons (Fsp3) is 0.667. The first-order chi connectivity index (χ1) is 7.13. The van der Waals surface area contributed by atoms with Crippen molar-refractivity contribution < 1.29 is 9.32 Å². The maximum absolute atomic E-state index is 11.3. The third-order valence-electron chi connectivity index (χ3n) is 1.91. The van der Waals surface area contributed by atoms with E-state index in [1.54, 1.807) is 14.1 Å². The van der Waals surface area contributed by atoms with Crippen molar-refractivity contribution >= 4 is 5.91 Å². The van der Waals surface area contributed by atoms with Crippen molar-refractivity contribution in [1.82, 2.24) is 15.0 Å². The molecule has 0 atom stereocenters. The average Bonchev–Trinajstić information content (AvgIpc) is 2.62. The van der Waals surface area contributed by atoms with Crippen molar-refractivity contribution in [2.75, 3.05) is 20.6 Å². The number of likely N-dealkylation sites (N-methyl/N-ethyl adjacent to an activating group) is 1. The number of carbonyl (C=O) groups excluding carboxylic acids is 1. The van der Waals surface area contributed by atoms with Gasteiger partial charge in [0.1, 0.15) is 0 Å². The molecule has 1 aromatic heterocycles. The molecule has 1 amide bonds. The molecule has 6 heteroatoms. The molecular formula is C9H16N4O2. The van der Waals surface area contributed by atoms with E-state index in [4.69, 9.17) is 10.3 Å². The van der Waals surface area contributed by atoms with Crippen molar-refractivity contribution in [1.29, 1.82) is 0 Å². The molecule has 15 heavy (non-hydrogen) atoms. The van der Waals surface area contributed by atoms with E-state index < -0.39 is 0 Å². The third kappa shape index (κ3) is 3.67. The highest BCUT2D eigenvalue weighted by Gasteiger charge is 2.11. The van der Waals surface area contributed by atoms with Gasteiger partial charge in [0.15, 0.2) is 5.82 Å². The summed E-state index contributed by atoms with van der Waals surface area (Å²) in [7, 11) is 3.38. The molecule has 0 bridgehead atoms. The third-order valence-corrected chi connectivity index (χ3v) is 1.91. The van der Waals surface area contributed by atoms with E-state index >= 15 is 0 Å². The molecule has 0 aliphatic heterocycles. The summed E-state index contributed by atoms with van der Waals surface area (Å²) >= 11 is 0. The molecule has 1 heterocycles. The van der Waals surface area contributed by atoms with Crippen LogP contribution in [0.1, 0.15) is 18.1 Å². The largest absolute Gasteiger partial charge is 0.348 e. The number of aryl methyl sites for hydroxylation is 1. The van der Waals surface area contributed by atoms with Crippen LogP contribution in [0.3, 0.4) is 0 Å². The van der Waals surface area contributed by atoms with Crippen LogP contribution in [0, 0.1) is 0 Å². The minimum atomic E-state index is -0.0406. The van der Waals surface area contributed by atoms with Crippen LogP contribution in [0.5, 0.6) is 0 Å². The van der Waals surface area contributed by atoms with Gasteiger partial charge in [0, 0.05) is 20.5 Å². The summed E-state index contributed by atoms with van der Waals surface area (Å²) in [4.78, 5) is 16.9. The highest BCUT2D eigenvalue weighted by atomic mass is 16.5. The number of aromatic nitrogens is 2. The van der Waals surface area contributed by atoms with Crippen LogP contribution < -0.4 is 5.73 Å². The van der Waals surface area contributed by atoms with E-state index in [-0.39, 0.29) is 12.3 Å². The fourth-order valence-electron chi connectivity index (χ4n) is 1.01. The Bertz CT molecular complexity index is 322. The van der Waals surface area contributed by atoms with Gasteiger partial charge >= 0.3 is 0 Å². The Labute approximate surface area is 88.4 Å². The Morgan fingerprint density at radius 1 is 1.53 bits per heavy atom. The van der Waals surface area contributed by atoms with Gasteiger partial charge in [-0.25, -0.2) is 0 Å². The lowest BCUT2D eigenvalue weighted by Crippen LogP contribution is -2.23. The summed E-state index contributed by atoms with van der Waals surface area (Å²) in [5, 5.41) is 3.72. The zero-order chi connectivity index (χ0) is 11.3. The van der Waals surface area contributed by atoms with Gasteiger partial charge in [0.25, 0.3) is 0 Å². The Kier molecular flexibility index (Phi) is 4.23. The predicted molar refractivity (Wildman–Crippen MR) is 54.1 cm³/mol. The molecule has 0 aromatic carbocycles. The number of carbonyl (C=O) groups is 1. The smallest absolute Gasteiger partial charge is 0.229 e. The summed E-state index contributed by atoms with van der Waals surface area (Å²) in [6, 6.07) is 0. The molecular weight excluding hydrogens is 196 g/mol. The number of rotatable bonds is 5. The number of nitrogens with two attached hydrogens (primary N) is 1. The number of amides is 1. The first kappa shape index (κ1) is 11.6. The van der Waals surface area contributed by atoms with Gasteiger partial charge in [-0.15, -0.1) is 0 Å². The maximum atomic E-state index is 11.3. The second-order valence-electron chi connectivity index (χ2n) is 3.46. The molecule has 6 nitrogen and oxygen atoms in total. The lowest BCUT2D eigenvalue weighted by molar-refractivity contribution is -0.128. The van der Waals surface area contributed by atoms with Gasteiger partial charge < -0.3 is 15.2 Å². The van der Waals surface area contributed by atoms with E-state index in [9.17, 15) is 4.79 Å². The second-order valence-corrected chi connectivity index (χ2v) is 3.46. The summed E-state index contributed by atoms with van der Waals surface area (Å²) in [5.74, 6) is 0.934. The van der Waals surface area contributed by atoms with Crippen molar-refractivity contribution in [3.63, 3.8) is 0 Å². The first-order valence-electron chi connectivity index (χ1n) is 4.85. The molecule has 0 saturated carbocycles. The Morgan fingerprint density at radius 2 is 2.27 bits per heavy atom. The minimum absolute atomic E-state index is 0.0406. The van der Waals surface area contributed by atoms with Crippen LogP contribution in [-0.2, 0) is 17.6 Å². The molecule has 2 N–H and O–H groups in total. The lowest BCUT2D eigenvalue weighted by atomic mass is 10.3. The number of nitrogens with zero attached hydrogens (tertiary/aromatic N) is 3. The zero-order valence-corrected chi connectivity index (χ0v) is 9.06. The molecule has 0 spiro atoms. The van der Waals surface area contributed by atoms with Crippen LogP contribution in [0.15, 0.2) is 4.52 Å². The number of hydrogen-bond donors (Lipinski definition) is 1. The van der Waals surface area contributed by atoms with E-state index in [1.807, 2.05) is 0 Å². The number of hydrogen-bond acceptors (Lipinski definition) is 5. The van der Waals surface area contributed by atoms with Crippen LogP contribution >= 0.6 is 0 Å². The van der Waals surface area contributed by atoms with E-state index in [0.717, 1.165) is 6.42 Å². The predicted octanol–water partition coefficient (Wildman–Crippen LogP) is -0.408. The van der Waals surface area contributed by atoms with Gasteiger partial charge in [-0.2, -0.15) is 4.98 Å². The Balaban J connectivity index is 2.49. The molecule has 1 rings (SSSR count). The summed E-state index contributed by atoms with van der Waals surface area (Å²) in [5.41, 5.74) is 5.35. The fourth-order valence-corrected chi connectivity index (χ4v) is 1.01. The molecule has 0 aliphatic carbocycles. The molecule has 0 aliphatic rings. The Morgan fingerprint density at radius 3 is 2.87 bits per heavy atom. The van der Waals surface area contributed by atoms with Gasteiger partial charge in [-0.3, -0.25) is 4.79 Å². The Hall–Kier alpha value is -1.43. The molecule has 0 radical (unpaired) electrons. The normalized spacial score (nSPS) is 10.3. The maximum Gasteiger partial charge on any atom is 0.229 e. The first-order valence-corrected chi connectivity index (χ1v) is 4.85. The summed E-state index contributed by atoms with van der Waals surface area (Å²) in [6.45, 7) is 0.592. The van der Waals surface area contributed by atoms with Crippen LogP contribution in [0.4, 0.5) is 0 Å². The average molecular weight is 212 g/mol. The quantitative estimate of drug-likeness (QED) is 0.717. The highest BCUT2D eigenvalue weighted by Crippen LogP contribution is 2.01. The van der Waals surface area contributed by atoms with Crippen LogP contribution in [-0.4, -0.2) is 41.6 Å².